The molecule has 2 aromatic carbocycles. The molecule has 232 valence electrons. The highest BCUT2D eigenvalue weighted by molar-refractivity contribution is 5.53. The van der Waals surface area contributed by atoms with Crippen LogP contribution in [0.2, 0.25) is 0 Å². The fraction of sp³-hybridized carbons (Fsp3) is 0.657. The summed E-state index contributed by atoms with van der Waals surface area (Å²) in [6, 6.07) is 8.44. The van der Waals surface area contributed by atoms with Gasteiger partial charge in [0.1, 0.15) is 11.9 Å². The third kappa shape index (κ3) is 7.52. The van der Waals surface area contributed by atoms with Gasteiger partial charge in [0.25, 0.3) is 0 Å². The molecular weight excluding hydrogens is 512 g/mol. The topological polar surface area (TPSA) is 122 Å². The Kier molecular flexibility index (Phi) is 10.6. The molecule has 41 heavy (non-hydrogen) atoms. The summed E-state index contributed by atoms with van der Waals surface area (Å²) >= 11 is 0. The molecule has 0 heterocycles. The number of hydrogen-bond acceptors (Lipinski definition) is 6. The van der Waals surface area contributed by atoms with Crippen LogP contribution in [0, 0.1) is 5.41 Å². The number of nitrogens with two attached hydrogens (primary N) is 2. The predicted molar refractivity (Wildman–Crippen MR) is 171 cm³/mol. The van der Waals surface area contributed by atoms with Gasteiger partial charge in [0.05, 0.1) is 25.2 Å². The van der Waals surface area contributed by atoms with Gasteiger partial charge in [-0.1, -0.05) is 107 Å². The molecule has 0 aliphatic rings. The second-order valence-electron chi connectivity index (χ2n) is 15.9. The minimum absolute atomic E-state index is 0.297. The van der Waals surface area contributed by atoms with E-state index in [1.165, 1.54) is 0 Å². The van der Waals surface area contributed by atoms with E-state index in [9.17, 15) is 15.3 Å². The summed E-state index contributed by atoms with van der Waals surface area (Å²) in [7, 11) is 0. The van der Waals surface area contributed by atoms with E-state index in [1.54, 1.807) is 0 Å². The van der Waals surface area contributed by atoms with Gasteiger partial charge in [-0.25, -0.2) is 0 Å². The highest BCUT2D eigenvalue weighted by Gasteiger charge is 2.46. The van der Waals surface area contributed by atoms with E-state index in [2.05, 4.69) is 107 Å². The van der Waals surface area contributed by atoms with E-state index in [1.807, 2.05) is 0 Å². The molecule has 0 radical (unpaired) electrons. The van der Waals surface area contributed by atoms with Crippen molar-refractivity contribution in [1.29, 1.82) is 0 Å². The number of hydrogen-bond donors (Lipinski definition) is 5. The van der Waals surface area contributed by atoms with Crippen molar-refractivity contribution in [1.82, 2.24) is 0 Å². The van der Waals surface area contributed by atoms with Gasteiger partial charge in [-0.3, -0.25) is 0 Å². The fourth-order valence-electron chi connectivity index (χ4n) is 5.41. The smallest absolute Gasteiger partial charge is 0.137 e. The Balaban J connectivity index is 3.23. The lowest BCUT2D eigenvalue weighted by molar-refractivity contribution is -0.0761. The number of benzene rings is 2. The lowest BCUT2D eigenvalue weighted by Gasteiger charge is -2.43. The Hall–Kier alpha value is -1.96. The molecule has 1 atom stereocenters. The van der Waals surface area contributed by atoms with Crippen molar-refractivity contribution in [2.45, 2.75) is 124 Å². The van der Waals surface area contributed by atoms with Crippen molar-refractivity contribution in [3.05, 3.63) is 63.2 Å². The Morgan fingerprint density at radius 1 is 0.561 bits per heavy atom. The molecule has 6 heteroatoms. The van der Waals surface area contributed by atoms with Crippen molar-refractivity contribution in [3.8, 4) is 5.75 Å². The quantitative estimate of drug-likeness (QED) is 0.257. The fourth-order valence-corrected chi connectivity index (χ4v) is 5.41. The predicted octanol–water partition coefficient (Wildman–Crippen LogP) is 5.88. The molecule has 0 aliphatic carbocycles. The van der Waals surface area contributed by atoms with Crippen molar-refractivity contribution >= 4 is 0 Å². The Bertz CT molecular complexity index is 1110. The minimum atomic E-state index is -1.37. The van der Waals surface area contributed by atoms with Crippen molar-refractivity contribution in [2.75, 3.05) is 19.8 Å². The molecule has 0 fully saturated rings. The maximum absolute atomic E-state index is 10.9. The van der Waals surface area contributed by atoms with Crippen molar-refractivity contribution in [3.63, 3.8) is 0 Å². The summed E-state index contributed by atoms with van der Waals surface area (Å²) in [6.07, 6.45) is -0.872. The van der Waals surface area contributed by atoms with E-state index in [0.717, 1.165) is 38.9 Å². The first-order chi connectivity index (χ1) is 18.6. The van der Waals surface area contributed by atoms with Crippen LogP contribution in [-0.2, 0) is 34.7 Å². The summed E-state index contributed by atoms with van der Waals surface area (Å²) in [6.45, 7) is 25.1. The van der Waals surface area contributed by atoms with Crippen LogP contribution in [0.1, 0.15) is 128 Å². The van der Waals surface area contributed by atoms with E-state index >= 15 is 0 Å². The van der Waals surface area contributed by atoms with E-state index < -0.39 is 31.3 Å². The van der Waals surface area contributed by atoms with Crippen LogP contribution < -0.4 is 16.2 Å². The summed E-state index contributed by atoms with van der Waals surface area (Å²) in [5, 5.41) is 32.6. The van der Waals surface area contributed by atoms with Gasteiger partial charge in [-0.15, -0.1) is 0 Å². The molecule has 0 amide bonds. The van der Waals surface area contributed by atoms with Crippen LogP contribution in [0.4, 0.5) is 0 Å². The van der Waals surface area contributed by atoms with E-state index in [4.69, 9.17) is 16.2 Å². The Labute approximate surface area is 249 Å². The molecule has 2 rings (SSSR count). The van der Waals surface area contributed by atoms with Crippen LogP contribution in [0.3, 0.4) is 0 Å². The molecule has 0 saturated carbocycles. The summed E-state index contributed by atoms with van der Waals surface area (Å²) in [5.74, 6) is 0.703. The number of aliphatic hydroxyl groups excluding tert-OH is 3. The van der Waals surface area contributed by atoms with Crippen molar-refractivity contribution in [2.24, 2.45) is 16.9 Å². The van der Waals surface area contributed by atoms with Gasteiger partial charge in [0.15, 0.2) is 0 Å². The maximum atomic E-state index is 10.9. The molecule has 0 aliphatic heterocycles. The molecule has 2 aromatic rings. The zero-order valence-electron chi connectivity index (χ0n) is 27.8. The van der Waals surface area contributed by atoms with Crippen LogP contribution >= 0.6 is 0 Å². The largest absolute Gasteiger partial charge is 0.484 e. The molecule has 6 nitrogen and oxygen atoms in total. The Morgan fingerprint density at radius 2 is 0.854 bits per heavy atom. The molecule has 0 saturated heterocycles. The minimum Gasteiger partial charge on any atom is -0.484 e. The van der Waals surface area contributed by atoms with E-state index in [0.29, 0.717) is 18.8 Å². The summed E-state index contributed by atoms with van der Waals surface area (Å²) in [5.41, 5.74) is 16.7. The molecule has 1 unspecified atom stereocenters. The number of aliphatic hydroxyl groups is 3. The lowest BCUT2D eigenvalue weighted by atomic mass is 9.68. The SMILES string of the molecule is CC(C)(C)c1cc(CN)cc(C(C)(C)C)c1OC(c1c(C(C)(C)C)cc(CN)cc1C(C)(C)C)C(CO)(CO)CO. The maximum Gasteiger partial charge on any atom is 0.137 e. The lowest BCUT2D eigenvalue weighted by Crippen LogP contribution is -2.45. The first-order valence-corrected chi connectivity index (χ1v) is 14.9. The summed E-state index contributed by atoms with van der Waals surface area (Å²) in [4.78, 5) is 0. The average Bonchev–Trinajstić information content (AvgIpc) is 2.86. The Morgan fingerprint density at radius 3 is 1.10 bits per heavy atom. The average molecular weight is 571 g/mol. The van der Waals surface area contributed by atoms with E-state index in [-0.39, 0.29) is 21.7 Å². The van der Waals surface area contributed by atoms with Gasteiger partial charge in [-0.05, 0) is 43.9 Å². The first-order valence-electron chi connectivity index (χ1n) is 14.9. The molecule has 0 spiro atoms. The van der Waals surface area contributed by atoms with Gasteiger partial charge >= 0.3 is 0 Å². The highest BCUT2D eigenvalue weighted by atomic mass is 16.5. The number of ether oxygens (including phenoxy) is 1. The monoisotopic (exact) mass is 570 g/mol. The molecular formula is C35H58N2O4. The summed E-state index contributed by atoms with van der Waals surface area (Å²) < 4.78 is 7.25. The highest BCUT2D eigenvalue weighted by Crippen LogP contribution is 2.50. The molecule has 0 bridgehead atoms. The normalized spacial score (nSPS) is 14.4. The standard InChI is InChI=1S/C35H58N2O4/c1-31(2,3)24-13-22(17-36)14-25(32(4,5)6)28(24)30(35(19-38,20-39)21-40)41-29-26(33(7,8)9)15-23(18-37)16-27(29)34(10,11)12/h13-16,30,38-40H,17-21,36-37H2,1-12H3. The third-order valence-corrected chi connectivity index (χ3v) is 8.09. The van der Waals surface area contributed by atoms with Gasteiger partial charge < -0.3 is 31.5 Å². The van der Waals surface area contributed by atoms with Crippen LogP contribution in [-0.4, -0.2) is 35.1 Å². The van der Waals surface area contributed by atoms with Crippen LogP contribution in [0.15, 0.2) is 24.3 Å². The van der Waals surface area contributed by atoms with Gasteiger partial charge in [0, 0.05) is 29.8 Å². The van der Waals surface area contributed by atoms with Crippen molar-refractivity contribution < 1.29 is 20.1 Å². The van der Waals surface area contributed by atoms with Crippen LogP contribution in [0.25, 0.3) is 0 Å². The molecule has 7 N–H and O–H groups in total. The van der Waals surface area contributed by atoms with Gasteiger partial charge in [-0.2, -0.15) is 0 Å². The first kappa shape index (κ1) is 35.2. The second-order valence-corrected chi connectivity index (χ2v) is 15.9. The zero-order chi connectivity index (χ0) is 31.8. The second kappa shape index (κ2) is 12.3. The van der Waals surface area contributed by atoms with Crippen LogP contribution in [0.5, 0.6) is 5.75 Å². The molecule has 0 aromatic heterocycles. The van der Waals surface area contributed by atoms with Gasteiger partial charge in [0.2, 0.25) is 0 Å². The number of rotatable bonds is 9. The zero-order valence-corrected chi connectivity index (χ0v) is 27.8. The third-order valence-electron chi connectivity index (χ3n) is 8.09.